The predicted molar refractivity (Wildman–Crippen MR) is 73.4 cm³/mol. The molecule has 3 atom stereocenters. The summed E-state index contributed by atoms with van der Waals surface area (Å²) in [5, 5.41) is 3.49. The number of nitrogens with one attached hydrogen (secondary N) is 1. The highest BCUT2D eigenvalue weighted by molar-refractivity contribution is 4.82. The Balaban J connectivity index is 2.33. The van der Waals surface area contributed by atoms with Gasteiger partial charge in [0.05, 0.1) is 12.7 Å². The highest BCUT2D eigenvalue weighted by atomic mass is 16.5. The van der Waals surface area contributed by atoms with Crippen LogP contribution < -0.4 is 5.32 Å². The van der Waals surface area contributed by atoms with Crippen molar-refractivity contribution in [3.63, 3.8) is 0 Å². The molecule has 1 N–H and O–H groups in total. The second-order valence-corrected chi connectivity index (χ2v) is 5.29. The molecule has 1 saturated heterocycles. The predicted octanol–water partition coefficient (Wildman–Crippen LogP) is 2.26. The normalized spacial score (nSPS) is 28.2. The summed E-state index contributed by atoms with van der Waals surface area (Å²) >= 11 is 0. The van der Waals surface area contributed by atoms with Gasteiger partial charge in [0.25, 0.3) is 0 Å². The van der Waals surface area contributed by atoms with Crippen molar-refractivity contribution in [1.82, 2.24) is 10.2 Å². The molecule has 0 aromatic heterocycles. The van der Waals surface area contributed by atoms with E-state index < -0.39 is 0 Å². The number of hydrogen-bond donors (Lipinski definition) is 1. The largest absolute Gasteiger partial charge is 0.376 e. The smallest absolute Gasteiger partial charge is 0.0674 e. The quantitative estimate of drug-likeness (QED) is 0.693. The molecule has 3 unspecified atom stereocenters. The fourth-order valence-electron chi connectivity index (χ4n) is 2.54. The SMILES string of the molecule is CCCNCCC(C)N1CC(C)OCC1CC. The van der Waals surface area contributed by atoms with Gasteiger partial charge in [-0.3, -0.25) is 4.90 Å². The third kappa shape index (κ3) is 4.94. The van der Waals surface area contributed by atoms with Crippen molar-refractivity contribution >= 4 is 0 Å². The first kappa shape index (κ1) is 14.9. The van der Waals surface area contributed by atoms with E-state index in [-0.39, 0.29) is 0 Å². The number of ether oxygens (including phenoxy) is 1. The molecule has 0 radical (unpaired) electrons. The molecular weight excluding hydrogens is 212 g/mol. The van der Waals surface area contributed by atoms with Gasteiger partial charge in [0, 0.05) is 18.6 Å². The highest BCUT2D eigenvalue weighted by Crippen LogP contribution is 2.18. The fourth-order valence-corrected chi connectivity index (χ4v) is 2.54. The molecule has 102 valence electrons. The lowest BCUT2D eigenvalue weighted by atomic mass is 10.1. The Kier molecular flexibility index (Phi) is 7.09. The molecule has 0 spiro atoms. The van der Waals surface area contributed by atoms with E-state index in [2.05, 4.69) is 37.9 Å². The second kappa shape index (κ2) is 8.06. The zero-order valence-electron chi connectivity index (χ0n) is 12.0. The van der Waals surface area contributed by atoms with Gasteiger partial charge in [0.1, 0.15) is 0 Å². The van der Waals surface area contributed by atoms with Gasteiger partial charge < -0.3 is 10.1 Å². The average Bonchev–Trinajstić information content (AvgIpc) is 2.34. The van der Waals surface area contributed by atoms with Crippen LogP contribution >= 0.6 is 0 Å². The topological polar surface area (TPSA) is 24.5 Å². The molecule has 0 aromatic carbocycles. The molecule has 1 fully saturated rings. The molecule has 17 heavy (non-hydrogen) atoms. The van der Waals surface area contributed by atoms with Crippen LogP contribution in [0.5, 0.6) is 0 Å². The maximum Gasteiger partial charge on any atom is 0.0674 e. The van der Waals surface area contributed by atoms with Gasteiger partial charge in [0.15, 0.2) is 0 Å². The Morgan fingerprint density at radius 2 is 2.12 bits per heavy atom. The van der Waals surface area contributed by atoms with Crippen LogP contribution in [0.2, 0.25) is 0 Å². The van der Waals surface area contributed by atoms with Gasteiger partial charge in [-0.2, -0.15) is 0 Å². The summed E-state index contributed by atoms with van der Waals surface area (Å²) < 4.78 is 5.75. The Morgan fingerprint density at radius 1 is 1.35 bits per heavy atom. The molecule has 0 aliphatic carbocycles. The first-order valence-corrected chi connectivity index (χ1v) is 7.27. The molecule has 1 aliphatic heterocycles. The van der Waals surface area contributed by atoms with E-state index >= 15 is 0 Å². The first-order chi connectivity index (χ1) is 8.19. The monoisotopic (exact) mass is 242 g/mol. The van der Waals surface area contributed by atoms with E-state index in [9.17, 15) is 0 Å². The summed E-state index contributed by atoms with van der Waals surface area (Å²) in [7, 11) is 0. The summed E-state index contributed by atoms with van der Waals surface area (Å²) in [6, 6.07) is 1.28. The van der Waals surface area contributed by atoms with Crippen LogP contribution in [-0.2, 0) is 4.74 Å². The van der Waals surface area contributed by atoms with Crippen LogP contribution in [0.3, 0.4) is 0 Å². The van der Waals surface area contributed by atoms with Gasteiger partial charge >= 0.3 is 0 Å². The maximum absolute atomic E-state index is 5.75. The Labute approximate surface area is 107 Å². The van der Waals surface area contributed by atoms with E-state index in [0.717, 1.165) is 26.2 Å². The van der Waals surface area contributed by atoms with Gasteiger partial charge in [-0.1, -0.05) is 13.8 Å². The van der Waals surface area contributed by atoms with Crippen LogP contribution in [0, 0.1) is 0 Å². The molecule has 3 heteroatoms. The lowest BCUT2D eigenvalue weighted by molar-refractivity contribution is -0.0707. The third-order valence-electron chi connectivity index (χ3n) is 3.71. The van der Waals surface area contributed by atoms with Gasteiger partial charge in [-0.05, 0) is 46.2 Å². The third-order valence-corrected chi connectivity index (χ3v) is 3.71. The first-order valence-electron chi connectivity index (χ1n) is 7.27. The lowest BCUT2D eigenvalue weighted by Crippen LogP contribution is -2.52. The van der Waals surface area contributed by atoms with Crippen LogP contribution in [-0.4, -0.2) is 49.3 Å². The van der Waals surface area contributed by atoms with Crippen molar-refractivity contribution in [3.05, 3.63) is 0 Å². The summed E-state index contributed by atoms with van der Waals surface area (Å²) in [5.41, 5.74) is 0. The molecule has 3 nitrogen and oxygen atoms in total. The standard InChI is InChI=1S/C14H30N2O/c1-5-8-15-9-7-12(3)16-10-13(4)17-11-14(16)6-2/h12-15H,5-11H2,1-4H3. The van der Waals surface area contributed by atoms with Crippen molar-refractivity contribution in [1.29, 1.82) is 0 Å². The van der Waals surface area contributed by atoms with Crippen molar-refractivity contribution in [2.75, 3.05) is 26.2 Å². The minimum Gasteiger partial charge on any atom is -0.376 e. The average molecular weight is 242 g/mol. The van der Waals surface area contributed by atoms with Gasteiger partial charge in [-0.15, -0.1) is 0 Å². The van der Waals surface area contributed by atoms with E-state index in [1.54, 1.807) is 0 Å². The number of morpholine rings is 1. The lowest BCUT2D eigenvalue weighted by Gasteiger charge is -2.42. The van der Waals surface area contributed by atoms with Crippen molar-refractivity contribution < 1.29 is 4.74 Å². The van der Waals surface area contributed by atoms with Crippen LogP contribution in [0.25, 0.3) is 0 Å². The van der Waals surface area contributed by atoms with Crippen LogP contribution in [0.1, 0.15) is 47.0 Å². The van der Waals surface area contributed by atoms with E-state index in [4.69, 9.17) is 4.74 Å². The highest BCUT2D eigenvalue weighted by Gasteiger charge is 2.28. The van der Waals surface area contributed by atoms with Crippen molar-refractivity contribution in [2.45, 2.75) is 65.1 Å². The molecule has 1 rings (SSSR count). The van der Waals surface area contributed by atoms with E-state index in [0.29, 0.717) is 18.2 Å². The van der Waals surface area contributed by atoms with E-state index in [1.165, 1.54) is 19.3 Å². The number of hydrogen-bond acceptors (Lipinski definition) is 3. The maximum atomic E-state index is 5.75. The zero-order chi connectivity index (χ0) is 12.7. The molecule has 1 heterocycles. The van der Waals surface area contributed by atoms with Crippen molar-refractivity contribution in [3.8, 4) is 0 Å². The van der Waals surface area contributed by atoms with Crippen LogP contribution in [0.4, 0.5) is 0 Å². The second-order valence-electron chi connectivity index (χ2n) is 5.29. The molecular formula is C14H30N2O. The van der Waals surface area contributed by atoms with Crippen LogP contribution in [0.15, 0.2) is 0 Å². The molecule has 0 bridgehead atoms. The minimum absolute atomic E-state index is 0.392. The zero-order valence-corrected chi connectivity index (χ0v) is 12.0. The minimum atomic E-state index is 0.392. The summed E-state index contributed by atoms with van der Waals surface area (Å²) in [5.74, 6) is 0. The Hall–Kier alpha value is -0.120. The van der Waals surface area contributed by atoms with E-state index in [1.807, 2.05) is 0 Å². The molecule has 0 aromatic rings. The molecule has 1 aliphatic rings. The summed E-state index contributed by atoms with van der Waals surface area (Å²) in [6.07, 6.45) is 4.05. The molecule has 0 saturated carbocycles. The van der Waals surface area contributed by atoms with Crippen molar-refractivity contribution in [2.24, 2.45) is 0 Å². The number of nitrogens with zero attached hydrogens (tertiary/aromatic N) is 1. The van der Waals surface area contributed by atoms with Gasteiger partial charge in [0.2, 0.25) is 0 Å². The Morgan fingerprint density at radius 3 is 2.76 bits per heavy atom. The number of rotatable bonds is 7. The summed E-state index contributed by atoms with van der Waals surface area (Å²) in [4.78, 5) is 2.64. The fraction of sp³-hybridized carbons (Fsp3) is 1.00. The Bertz CT molecular complexity index is 199. The molecule has 0 amide bonds. The summed E-state index contributed by atoms with van der Waals surface area (Å²) in [6.45, 7) is 13.3. The van der Waals surface area contributed by atoms with Gasteiger partial charge in [-0.25, -0.2) is 0 Å².